The molecule has 0 amide bonds. The van der Waals surface area contributed by atoms with Gasteiger partial charge in [0.25, 0.3) is 0 Å². The number of pyridine rings is 3. The summed E-state index contributed by atoms with van der Waals surface area (Å²) in [6.45, 7) is 6.25. The highest BCUT2D eigenvalue weighted by atomic mass is 16.5. The largest absolute Gasteiger partial charge is 0.480 e. The van der Waals surface area contributed by atoms with Crippen LogP contribution in [0.4, 0.5) is 0 Å². The van der Waals surface area contributed by atoms with Crippen molar-refractivity contribution in [1.82, 2.24) is 24.8 Å². The van der Waals surface area contributed by atoms with E-state index in [1.807, 2.05) is 50.2 Å². The van der Waals surface area contributed by atoms with Crippen LogP contribution < -0.4 is 0 Å². The number of likely N-dealkylation sites (N-methyl/N-ethyl adjacent to an activating group) is 2. The minimum Gasteiger partial charge on any atom is -0.480 e. The average Bonchev–Trinajstić information content (AvgIpc) is 2.95. The molecule has 3 atom stereocenters. The first-order chi connectivity index (χ1) is 19.5. The molecule has 0 aliphatic rings. The number of hydrogen-bond donors (Lipinski definition) is 1. The number of hydrogen-bond acceptors (Lipinski definition) is 10. The van der Waals surface area contributed by atoms with Gasteiger partial charge in [0.15, 0.2) is 0 Å². The summed E-state index contributed by atoms with van der Waals surface area (Å²) in [6, 6.07) is 9.75. The van der Waals surface area contributed by atoms with E-state index < -0.39 is 12.0 Å². The van der Waals surface area contributed by atoms with Crippen LogP contribution in [0.2, 0.25) is 0 Å². The molecule has 0 aromatic carbocycles. The third-order valence-corrected chi connectivity index (χ3v) is 5.67. The lowest BCUT2D eigenvalue weighted by Crippen LogP contribution is -2.29. The van der Waals surface area contributed by atoms with Crippen molar-refractivity contribution >= 4 is 17.9 Å². The summed E-state index contributed by atoms with van der Waals surface area (Å²) in [5, 5.41) is 8.94. The number of carbonyl (C=O) groups is 3. The first-order valence-electron chi connectivity index (χ1n) is 13.1. The van der Waals surface area contributed by atoms with Crippen molar-refractivity contribution in [2.24, 2.45) is 0 Å². The summed E-state index contributed by atoms with van der Waals surface area (Å²) in [7, 11) is 7.17. The van der Waals surface area contributed by atoms with Gasteiger partial charge in [-0.05, 0) is 102 Å². The summed E-state index contributed by atoms with van der Waals surface area (Å²) in [5.74, 6) is -1.47. The van der Waals surface area contributed by atoms with Gasteiger partial charge < -0.3 is 14.6 Å². The van der Waals surface area contributed by atoms with Gasteiger partial charge in [0.05, 0.1) is 19.1 Å². The Kier molecular flexibility index (Phi) is 18.6. The number of aromatic nitrogens is 3. The Morgan fingerprint density at radius 2 is 1.00 bits per heavy atom. The molecular weight excluding hydrogens is 538 g/mol. The van der Waals surface area contributed by atoms with Gasteiger partial charge in [0.2, 0.25) is 0 Å². The second-order valence-corrected chi connectivity index (χ2v) is 9.14. The zero-order valence-corrected chi connectivity index (χ0v) is 24.8. The van der Waals surface area contributed by atoms with Crippen LogP contribution in [-0.2, 0) is 23.9 Å². The van der Waals surface area contributed by atoms with Gasteiger partial charge in [-0.2, -0.15) is 0 Å². The van der Waals surface area contributed by atoms with Crippen LogP contribution >= 0.6 is 0 Å². The van der Waals surface area contributed by atoms with Crippen LogP contribution in [0.15, 0.2) is 73.6 Å². The number of ether oxygens (including phenoxy) is 2. The standard InChI is InChI=1S/C11H16N2O2.C10H13NO2.C9H12N2O2.CH4/c1-4-15-11(14)10(13(2)3)9-5-7-12-8-6-9;1-3-13-10(12)8(2)9-4-6-11-7-5-9;1-11(2)8(9(12)13)7-3-5-10-6-4-7;/h5-8,10H,4H2,1-3H3;4-8H,3H2,1-2H3;3-6,8H,1-2H3,(H,12,13);1H4. The molecule has 0 saturated heterocycles. The van der Waals surface area contributed by atoms with Gasteiger partial charge in [-0.3, -0.25) is 34.3 Å². The third-order valence-electron chi connectivity index (χ3n) is 5.67. The first-order valence-corrected chi connectivity index (χ1v) is 13.1. The maximum Gasteiger partial charge on any atom is 0.327 e. The van der Waals surface area contributed by atoms with Crippen LogP contribution in [0.25, 0.3) is 0 Å². The summed E-state index contributed by atoms with van der Waals surface area (Å²) < 4.78 is 9.92. The SMILES string of the molecule is C.CCOC(=O)C(C)c1ccncc1.CCOC(=O)C(c1ccncc1)N(C)C.CN(C)C(C(=O)O)c1ccncc1. The molecule has 0 aliphatic heterocycles. The topological polar surface area (TPSA) is 135 Å². The van der Waals surface area contributed by atoms with Crippen LogP contribution in [0, 0.1) is 0 Å². The number of carbonyl (C=O) groups excluding carboxylic acids is 2. The molecule has 0 bridgehead atoms. The van der Waals surface area contributed by atoms with Crippen molar-refractivity contribution in [3.63, 3.8) is 0 Å². The summed E-state index contributed by atoms with van der Waals surface area (Å²) in [4.78, 5) is 49.0. The van der Waals surface area contributed by atoms with Gasteiger partial charge in [-0.25, -0.2) is 4.79 Å². The molecule has 230 valence electrons. The number of nitrogens with zero attached hydrogens (tertiary/aromatic N) is 5. The van der Waals surface area contributed by atoms with Crippen LogP contribution in [0.3, 0.4) is 0 Å². The van der Waals surface area contributed by atoms with E-state index in [0.29, 0.717) is 13.2 Å². The Hall–Kier alpha value is -4.22. The van der Waals surface area contributed by atoms with E-state index in [4.69, 9.17) is 14.6 Å². The lowest BCUT2D eigenvalue weighted by Gasteiger charge is -2.22. The Bertz CT molecular complexity index is 1160. The highest BCUT2D eigenvalue weighted by Crippen LogP contribution is 2.19. The predicted molar refractivity (Wildman–Crippen MR) is 162 cm³/mol. The van der Waals surface area contributed by atoms with Gasteiger partial charge in [-0.1, -0.05) is 7.43 Å². The van der Waals surface area contributed by atoms with E-state index in [2.05, 4.69) is 15.0 Å². The molecule has 0 aliphatic carbocycles. The maximum absolute atomic E-state index is 11.7. The summed E-state index contributed by atoms with van der Waals surface area (Å²) in [6.07, 6.45) is 9.87. The van der Waals surface area contributed by atoms with Crippen molar-refractivity contribution in [1.29, 1.82) is 0 Å². The van der Waals surface area contributed by atoms with Crippen molar-refractivity contribution in [3.8, 4) is 0 Å². The Morgan fingerprint density at radius 1 is 0.667 bits per heavy atom. The fourth-order valence-electron chi connectivity index (χ4n) is 3.67. The van der Waals surface area contributed by atoms with Crippen molar-refractivity contribution < 1.29 is 29.0 Å². The maximum atomic E-state index is 11.7. The molecule has 0 fully saturated rings. The normalized spacial score (nSPS) is 12.2. The van der Waals surface area contributed by atoms with Gasteiger partial charge >= 0.3 is 17.9 Å². The number of aliphatic carboxylic acids is 1. The third kappa shape index (κ3) is 13.0. The quantitative estimate of drug-likeness (QED) is 0.340. The molecule has 3 aromatic heterocycles. The molecule has 3 unspecified atom stereocenters. The van der Waals surface area contributed by atoms with E-state index >= 15 is 0 Å². The predicted octanol–water partition coefficient (Wildman–Crippen LogP) is 4.40. The second-order valence-electron chi connectivity index (χ2n) is 9.14. The van der Waals surface area contributed by atoms with Crippen LogP contribution in [0.5, 0.6) is 0 Å². The minimum atomic E-state index is -0.851. The second kappa shape index (κ2) is 20.6. The van der Waals surface area contributed by atoms with Gasteiger partial charge in [0.1, 0.15) is 12.1 Å². The lowest BCUT2D eigenvalue weighted by atomic mass is 10.0. The zero-order chi connectivity index (χ0) is 30.8. The lowest BCUT2D eigenvalue weighted by molar-refractivity contribution is -0.149. The van der Waals surface area contributed by atoms with E-state index in [1.54, 1.807) is 82.2 Å². The van der Waals surface area contributed by atoms with Gasteiger partial charge in [-0.15, -0.1) is 0 Å². The number of carboxylic acid groups (broad SMARTS) is 1. The monoisotopic (exact) mass is 583 g/mol. The number of carboxylic acids is 1. The van der Waals surface area contributed by atoms with Crippen LogP contribution in [0.1, 0.15) is 62.9 Å². The smallest absolute Gasteiger partial charge is 0.327 e. The fourth-order valence-corrected chi connectivity index (χ4v) is 3.67. The van der Waals surface area contributed by atoms with Crippen LogP contribution in [-0.4, -0.2) is 89.2 Å². The number of rotatable bonds is 10. The molecule has 0 saturated carbocycles. The molecule has 3 rings (SSSR count). The first kappa shape index (κ1) is 37.8. The molecular formula is C31H45N5O6. The van der Waals surface area contributed by atoms with Crippen molar-refractivity contribution in [2.75, 3.05) is 41.4 Å². The highest BCUT2D eigenvalue weighted by molar-refractivity contribution is 5.78. The highest BCUT2D eigenvalue weighted by Gasteiger charge is 2.24. The average molecular weight is 584 g/mol. The zero-order valence-electron chi connectivity index (χ0n) is 24.8. The van der Waals surface area contributed by atoms with E-state index in [1.165, 1.54) is 0 Å². The van der Waals surface area contributed by atoms with E-state index in [9.17, 15) is 14.4 Å². The van der Waals surface area contributed by atoms with E-state index in [-0.39, 0.29) is 31.3 Å². The van der Waals surface area contributed by atoms with Crippen molar-refractivity contribution in [2.45, 2.75) is 46.2 Å². The molecule has 3 heterocycles. The summed E-state index contributed by atoms with van der Waals surface area (Å²) in [5.41, 5.74) is 2.58. The Morgan fingerprint density at radius 3 is 1.33 bits per heavy atom. The molecule has 0 radical (unpaired) electrons. The molecule has 11 heteroatoms. The Balaban J connectivity index is 0.000000595. The molecule has 0 spiro atoms. The molecule has 1 N–H and O–H groups in total. The Labute approximate surface area is 249 Å². The molecule has 11 nitrogen and oxygen atoms in total. The summed E-state index contributed by atoms with van der Waals surface area (Å²) >= 11 is 0. The number of esters is 2. The van der Waals surface area contributed by atoms with E-state index in [0.717, 1.165) is 16.7 Å². The molecule has 3 aromatic rings. The molecule has 42 heavy (non-hydrogen) atoms. The minimum absolute atomic E-state index is 0. The fraction of sp³-hybridized carbons (Fsp3) is 0.419. The van der Waals surface area contributed by atoms with Gasteiger partial charge in [0, 0.05) is 37.2 Å². The van der Waals surface area contributed by atoms with Crippen molar-refractivity contribution in [3.05, 3.63) is 90.3 Å².